The summed E-state index contributed by atoms with van der Waals surface area (Å²) in [4.78, 5) is 0. The lowest BCUT2D eigenvalue weighted by atomic mass is 10.1. The maximum Gasteiger partial charge on any atom is 0.123 e. The molecule has 0 heterocycles. The van der Waals surface area contributed by atoms with Gasteiger partial charge in [-0.3, -0.25) is 0 Å². The van der Waals surface area contributed by atoms with Crippen molar-refractivity contribution in [1.29, 1.82) is 0 Å². The van der Waals surface area contributed by atoms with Gasteiger partial charge < -0.3 is 15.8 Å². The van der Waals surface area contributed by atoms with Crippen LogP contribution in [0.3, 0.4) is 0 Å². The van der Waals surface area contributed by atoms with Crippen LogP contribution >= 0.6 is 0 Å². The third kappa shape index (κ3) is 4.08. The fourth-order valence-corrected chi connectivity index (χ4v) is 2.25. The van der Waals surface area contributed by atoms with E-state index in [0.717, 1.165) is 25.3 Å². The zero-order valence-electron chi connectivity index (χ0n) is 11.9. The van der Waals surface area contributed by atoms with E-state index in [1.54, 1.807) is 7.11 Å². The summed E-state index contributed by atoms with van der Waals surface area (Å²) >= 11 is 0. The van der Waals surface area contributed by atoms with Gasteiger partial charge in [0.2, 0.25) is 0 Å². The van der Waals surface area contributed by atoms with Crippen molar-refractivity contribution < 1.29 is 4.74 Å². The first-order valence-electron chi connectivity index (χ1n) is 6.94. The van der Waals surface area contributed by atoms with E-state index in [-0.39, 0.29) is 0 Å². The van der Waals surface area contributed by atoms with Crippen LogP contribution in [0.25, 0.3) is 0 Å². The summed E-state index contributed by atoms with van der Waals surface area (Å²) < 4.78 is 5.35. The average molecular weight is 270 g/mol. The number of hydrogen-bond acceptors (Lipinski definition) is 3. The maximum absolute atomic E-state index is 5.59. The molecule has 0 atom stereocenters. The number of para-hydroxylation sites is 1. The molecule has 0 aliphatic rings. The van der Waals surface area contributed by atoms with E-state index >= 15 is 0 Å². The van der Waals surface area contributed by atoms with Gasteiger partial charge in [0.15, 0.2) is 0 Å². The van der Waals surface area contributed by atoms with E-state index in [1.165, 1.54) is 16.7 Å². The van der Waals surface area contributed by atoms with E-state index in [0.29, 0.717) is 6.54 Å². The Morgan fingerprint density at radius 3 is 2.60 bits per heavy atom. The highest BCUT2D eigenvalue weighted by Crippen LogP contribution is 2.16. The van der Waals surface area contributed by atoms with Crippen LogP contribution in [0, 0.1) is 0 Å². The molecule has 2 aromatic rings. The molecule has 0 aliphatic heterocycles. The van der Waals surface area contributed by atoms with Gasteiger partial charge in [-0.15, -0.1) is 0 Å². The molecule has 0 radical (unpaired) electrons. The van der Waals surface area contributed by atoms with E-state index in [4.69, 9.17) is 10.5 Å². The fraction of sp³-hybridized carbons (Fsp3) is 0.294. The molecule has 0 saturated carbocycles. The minimum absolute atomic E-state index is 0.693. The molecule has 106 valence electrons. The number of hydrogen-bond donors (Lipinski definition) is 2. The van der Waals surface area contributed by atoms with Gasteiger partial charge in [-0.05, 0) is 30.2 Å². The highest BCUT2D eigenvalue weighted by Gasteiger charge is 2.01. The first-order chi connectivity index (χ1) is 9.83. The second-order valence-electron chi connectivity index (χ2n) is 4.77. The number of nitrogens with two attached hydrogens (primary N) is 1. The number of methoxy groups -OCH3 is 1. The van der Waals surface area contributed by atoms with Gasteiger partial charge in [0.25, 0.3) is 0 Å². The Morgan fingerprint density at radius 2 is 1.80 bits per heavy atom. The Balaban J connectivity index is 1.91. The summed E-state index contributed by atoms with van der Waals surface area (Å²) in [5.74, 6) is 0.928. The molecule has 3 N–H and O–H groups in total. The minimum atomic E-state index is 0.693. The highest BCUT2D eigenvalue weighted by molar-refractivity contribution is 5.33. The van der Waals surface area contributed by atoms with Gasteiger partial charge in [0.05, 0.1) is 7.11 Å². The van der Waals surface area contributed by atoms with E-state index < -0.39 is 0 Å². The number of nitrogens with one attached hydrogen (secondary N) is 1. The summed E-state index contributed by atoms with van der Waals surface area (Å²) in [6.07, 6.45) is 0.931. The van der Waals surface area contributed by atoms with Gasteiger partial charge in [-0.2, -0.15) is 0 Å². The lowest BCUT2D eigenvalue weighted by molar-refractivity contribution is 0.407. The topological polar surface area (TPSA) is 47.3 Å². The van der Waals surface area contributed by atoms with Crippen molar-refractivity contribution in [3.8, 4) is 5.75 Å². The van der Waals surface area contributed by atoms with E-state index in [2.05, 4.69) is 35.6 Å². The summed E-state index contributed by atoms with van der Waals surface area (Å²) in [7, 11) is 1.70. The van der Waals surface area contributed by atoms with Gasteiger partial charge >= 0.3 is 0 Å². The SMILES string of the molecule is COc1ccccc1CNCc1cccc(CCN)c1. The normalized spacial score (nSPS) is 10.5. The van der Waals surface area contributed by atoms with Crippen molar-refractivity contribution in [2.45, 2.75) is 19.5 Å². The third-order valence-corrected chi connectivity index (χ3v) is 3.26. The number of rotatable bonds is 7. The van der Waals surface area contributed by atoms with Gasteiger partial charge in [-0.25, -0.2) is 0 Å². The molecule has 3 nitrogen and oxygen atoms in total. The fourth-order valence-electron chi connectivity index (χ4n) is 2.25. The average Bonchev–Trinajstić information content (AvgIpc) is 2.48. The number of ether oxygens (including phenoxy) is 1. The highest BCUT2D eigenvalue weighted by atomic mass is 16.5. The lowest BCUT2D eigenvalue weighted by Gasteiger charge is -2.10. The molecule has 20 heavy (non-hydrogen) atoms. The third-order valence-electron chi connectivity index (χ3n) is 3.26. The summed E-state index contributed by atoms with van der Waals surface area (Å²) in [6.45, 7) is 2.33. The zero-order chi connectivity index (χ0) is 14.2. The maximum atomic E-state index is 5.59. The van der Waals surface area contributed by atoms with Gasteiger partial charge in [-0.1, -0.05) is 42.5 Å². The van der Waals surface area contributed by atoms with Crippen molar-refractivity contribution in [1.82, 2.24) is 5.32 Å². The Kier molecular flexibility index (Phi) is 5.59. The molecule has 0 aromatic heterocycles. The molecule has 2 rings (SSSR count). The van der Waals surface area contributed by atoms with Crippen molar-refractivity contribution in [3.05, 3.63) is 65.2 Å². The zero-order valence-corrected chi connectivity index (χ0v) is 11.9. The summed E-state index contributed by atoms with van der Waals surface area (Å²) in [6, 6.07) is 16.6. The molecule has 0 spiro atoms. The molecule has 0 unspecified atom stereocenters. The molecule has 2 aromatic carbocycles. The van der Waals surface area contributed by atoms with Gasteiger partial charge in [0, 0.05) is 18.7 Å². The molecule has 0 amide bonds. The molecular weight excluding hydrogens is 248 g/mol. The van der Waals surface area contributed by atoms with Crippen molar-refractivity contribution in [2.75, 3.05) is 13.7 Å². The Labute approximate surface area is 120 Å². The summed E-state index contributed by atoms with van der Waals surface area (Å²) in [5.41, 5.74) is 9.34. The molecule has 0 bridgehead atoms. The predicted octanol–water partition coefficient (Wildman–Crippen LogP) is 2.49. The van der Waals surface area contributed by atoms with Crippen molar-refractivity contribution >= 4 is 0 Å². The smallest absolute Gasteiger partial charge is 0.123 e. The first kappa shape index (κ1) is 14.6. The van der Waals surface area contributed by atoms with Crippen molar-refractivity contribution in [3.63, 3.8) is 0 Å². The second kappa shape index (κ2) is 7.68. The lowest BCUT2D eigenvalue weighted by Crippen LogP contribution is -2.13. The quantitative estimate of drug-likeness (QED) is 0.812. The number of benzene rings is 2. The van der Waals surface area contributed by atoms with Crippen LogP contribution in [0.1, 0.15) is 16.7 Å². The first-order valence-corrected chi connectivity index (χ1v) is 6.94. The standard InChI is InChI=1S/C17H22N2O/c1-20-17-8-3-2-7-16(17)13-19-12-15-6-4-5-14(11-15)9-10-18/h2-8,11,19H,9-10,12-13,18H2,1H3. The summed E-state index contributed by atoms with van der Waals surface area (Å²) in [5, 5.41) is 3.45. The Morgan fingerprint density at radius 1 is 1.00 bits per heavy atom. The van der Waals surface area contributed by atoms with E-state index in [1.807, 2.05) is 18.2 Å². The van der Waals surface area contributed by atoms with Gasteiger partial charge in [0.1, 0.15) is 5.75 Å². The van der Waals surface area contributed by atoms with Crippen LogP contribution in [0.4, 0.5) is 0 Å². The largest absolute Gasteiger partial charge is 0.496 e. The van der Waals surface area contributed by atoms with Crippen LogP contribution in [-0.2, 0) is 19.5 Å². The van der Waals surface area contributed by atoms with Crippen LogP contribution < -0.4 is 15.8 Å². The van der Waals surface area contributed by atoms with E-state index in [9.17, 15) is 0 Å². The molecule has 0 saturated heterocycles. The monoisotopic (exact) mass is 270 g/mol. The van der Waals surface area contributed by atoms with Crippen LogP contribution in [0.2, 0.25) is 0 Å². The molecule has 0 fully saturated rings. The van der Waals surface area contributed by atoms with Crippen LogP contribution in [0.5, 0.6) is 5.75 Å². The van der Waals surface area contributed by atoms with Crippen LogP contribution in [0.15, 0.2) is 48.5 Å². The Bertz CT molecular complexity index is 540. The predicted molar refractivity (Wildman–Crippen MR) is 82.7 cm³/mol. The molecule has 3 heteroatoms. The minimum Gasteiger partial charge on any atom is -0.496 e. The molecule has 0 aliphatic carbocycles. The van der Waals surface area contributed by atoms with Crippen molar-refractivity contribution in [2.24, 2.45) is 5.73 Å². The van der Waals surface area contributed by atoms with Crippen LogP contribution in [-0.4, -0.2) is 13.7 Å². The molecular formula is C17H22N2O. The second-order valence-corrected chi connectivity index (χ2v) is 4.77. The Hall–Kier alpha value is -1.84.